The van der Waals surface area contributed by atoms with Gasteiger partial charge in [0.15, 0.2) is 11.6 Å². The van der Waals surface area contributed by atoms with Crippen LogP contribution in [0.5, 0.6) is 0 Å². The first-order valence-corrected chi connectivity index (χ1v) is 10.7. The lowest BCUT2D eigenvalue weighted by atomic mass is 10.0. The van der Waals surface area contributed by atoms with E-state index in [4.69, 9.17) is 8.94 Å². The molecule has 3 aromatic heterocycles. The van der Waals surface area contributed by atoms with Crippen LogP contribution in [0.15, 0.2) is 75.9 Å². The van der Waals surface area contributed by atoms with Gasteiger partial charge in [-0.15, -0.1) is 0 Å². The summed E-state index contributed by atoms with van der Waals surface area (Å²) in [6.45, 7) is 5.93. The zero-order chi connectivity index (χ0) is 22.9. The van der Waals surface area contributed by atoms with E-state index >= 15 is 0 Å². The van der Waals surface area contributed by atoms with E-state index in [0.29, 0.717) is 45.5 Å². The maximum absolute atomic E-state index is 13.6. The SMILES string of the molecule is Cc1cccc(-c2nc(C(C)C)no2)c1NC(=O)c1cc(-c2ccco2)nc2ccccc12. The standard InChI is InChI=1S/C26H22N4O3/c1-15(2)24-29-26(33-30-24)18-10-6-8-16(3)23(18)28-25(31)19-14-21(22-12-7-13-32-22)27-20-11-5-4-9-17(19)20/h4-15H,1-3H3,(H,28,31). The number of aromatic nitrogens is 3. The van der Waals surface area contributed by atoms with E-state index in [9.17, 15) is 4.79 Å². The fraction of sp³-hybridized carbons (Fsp3) is 0.154. The lowest BCUT2D eigenvalue weighted by Crippen LogP contribution is -2.15. The molecule has 0 bridgehead atoms. The van der Waals surface area contributed by atoms with Crippen LogP contribution in [-0.2, 0) is 0 Å². The highest BCUT2D eigenvalue weighted by Crippen LogP contribution is 2.32. The summed E-state index contributed by atoms with van der Waals surface area (Å²) in [6.07, 6.45) is 1.58. The molecule has 0 saturated heterocycles. The number of nitrogens with zero attached hydrogens (tertiary/aromatic N) is 3. The average molecular weight is 438 g/mol. The Morgan fingerprint density at radius 1 is 1.00 bits per heavy atom. The van der Waals surface area contributed by atoms with Crippen LogP contribution in [0.25, 0.3) is 33.8 Å². The van der Waals surface area contributed by atoms with Crippen molar-refractivity contribution in [3.63, 3.8) is 0 Å². The minimum atomic E-state index is -0.263. The zero-order valence-corrected chi connectivity index (χ0v) is 18.5. The summed E-state index contributed by atoms with van der Waals surface area (Å²) in [5, 5.41) is 7.89. The molecule has 0 spiro atoms. The number of hydrogen-bond donors (Lipinski definition) is 1. The molecular weight excluding hydrogens is 416 g/mol. The number of aryl methyl sites for hydroxylation is 1. The van der Waals surface area contributed by atoms with Gasteiger partial charge in [-0.2, -0.15) is 4.98 Å². The van der Waals surface area contributed by atoms with Crippen molar-refractivity contribution >= 4 is 22.5 Å². The Kier molecular flexibility index (Phi) is 5.22. The van der Waals surface area contributed by atoms with Crippen LogP contribution in [0, 0.1) is 6.92 Å². The number of rotatable bonds is 5. The molecule has 33 heavy (non-hydrogen) atoms. The maximum atomic E-state index is 13.6. The van der Waals surface area contributed by atoms with Crippen molar-refractivity contribution in [2.45, 2.75) is 26.7 Å². The number of carbonyl (C=O) groups excluding carboxylic acids is 1. The molecule has 0 aliphatic carbocycles. The number of nitrogens with one attached hydrogen (secondary N) is 1. The second-order valence-corrected chi connectivity index (χ2v) is 8.11. The van der Waals surface area contributed by atoms with E-state index in [2.05, 4.69) is 20.4 Å². The molecule has 0 aliphatic rings. The third kappa shape index (κ3) is 3.89. The predicted octanol–water partition coefficient (Wildman–Crippen LogP) is 6.23. The fourth-order valence-corrected chi connectivity index (χ4v) is 3.69. The second-order valence-electron chi connectivity index (χ2n) is 8.11. The summed E-state index contributed by atoms with van der Waals surface area (Å²) in [5.74, 6) is 1.45. The topological polar surface area (TPSA) is 94.1 Å². The number of benzene rings is 2. The predicted molar refractivity (Wildman–Crippen MR) is 126 cm³/mol. The molecule has 0 saturated carbocycles. The molecule has 5 aromatic rings. The Morgan fingerprint density at radius 3 is 2.61 bits per heavy atom. The van der Waals surface area contributed by atoms with Gasteiger partial charge in [0.1, 0.15) is 5.69 Å². The minimum Gasteiger partial charge on any atom is -0.463 e. The van der Waals surface area contributed by atoms with Gasteiger partial charge in [0, 0.05) is 11.3 Å². The van der Waals surface area contributed by atoms with E-state index in [1.54, 1.807) is 18.4 Å². The van der Waals surface area contributed by atoms with Gasteiger partial charge in [-0.1, -0.05) is 49.3 Å². The van der Waals surface area contributed by atoms with Crippen molar-refractivity contribution in [2.24, 2.45) is 0 Å². The monoisotopic (exact) mass is 438 g/mol. The third-order valence-corrected chi connectivity index (χ3v) is 5.43. The van der Waals surface area contributed by atoms with Gasteiger partial charge in [0.2, 0.25) is 0 Å². The number of carbonyl (C=O) groups is 1. The molecule has 1 N–H and O–H groups in total. The highest BCUT2D eigenvalue weighted by atomic mass is 16.5. The zero-order valence-electron chi connectivity index (χ0n) is 18.5. The Bertz CT molecular complexity index is 1450. The van der Waals surface area contributed by atoms with Crippen molar-refractivity contribution in [2.75, 3.05) is 5.32 Å². The largest absolute Gasteiger partial charge is 0.463 e. The number of para-hydroxylation sites is 2. The van der Waals surface area contributed by atoms with Crippen molar-refractivity contribution in [3.8, 4) is 22.9 Å². The quantitative estimate of drug-likeness (QED) is 0.350. The van der Waals surface area contributed by atoms with Crippen molar-refractivity contribution in [1.82, 2.24) is 15.1 Å². The van der Waals surface area contributed by atoms with Gasteiger partial charge in [-0.3, -0.25) is 4.79 Å². The highest BCUT2D eigenvalue weighted by Gasteiger charge is 2.20. The summed E-state index contributed by atoms with van der Waals surface area (Å²) < 4.78 is 11.0. The molecule has 7 nitrogen and oxygen atoms in total. The van der Waals surface area contributed by atoms with Crippen LogP contribution >= 0.6 is 0 Å². The first-order valence-electron chi connectivity index (χ1n) is 10.7. The number of furan rings is 1. The van der Waals surface area contributed by atoms with Gasteiger partial charge < -0.3 is 14.3 Å². The van der Waals surface area contributed by atoms with Gasteiger partial charge in [0.25, 0.3) is 11.8 Å². The first kappa shape index (κ1) is 20.6. The Hall–Kier alpha value is -4.26. The minimum absolute atomic E-state index is 0.133. The molecule has 0 fully saturated rings. The average Bonchev–Trinajstić information content (AvgIpc) is 3.52. The fourth-order valence-electron chi connectivity index (χ4n) is 3.69. The highest BCUT2D eigenvalue weighted by molar-refractivity contribution is 6.14. The maximum Gasteiger partial charge on any atom is 0.260 e. The Morgan fingerprint density at radius 2 is 1.85 bits per heavy atom. The molecule has 0 radical (unpaired) electrons. The summed E-state index contributed by atoms with van der Waals surface area (Å²) in [4.78, 5) is 22.7. The van der Waals surface area contributed by atoms with Crippen molar-refractivity contribution in [1.29, 1.82) is 0 Å². The summed E-state index contributed by atoms with van der Waals surface area (Å²) in [6, 6.07) is 18.6. The Labute approximate surface area is 190 Å². The molecule has 7 heteroatoms. The van der Waals surface area contributed by atoms with E-state index in [-0.39, 0.29) is 11.8 Å². The lowest BCUT2D eigenvalue weighted by Gasteiger charge is -2.13. The van der Waals surface area contributed by atoms with E-state index < -0.39 is 0 Å². The molecule has 0 aliphatic heterocycles. The summed E-state index contributed by atoms with van der Waals surface area (Å²) >= 11 is 0. The van der Waals surface area contributed by atoms with Gasteiger partial charge >= 0.3 is 0 Å². The number of fused-ring (bicyclic) bond motifs is 1. The van der Waals surface area contributed by atoms with E-state index in [1.807, 2.05) is 69.3 Å². The molecule has 5 rings (SSSR count). The van der Waals surface area contributed by atoms with Crippen LogP contribution in [-0.4, -0.2) is 21.0 Å². The normalized spacial score (nSPS) is 11.3. The number of anilines is 1. The van der Waals surface area contributed by atoms with Gasteiger partial charge in [0.05, 0.1) is 28.6 Å². The van der Waals surface area contributed by atoms with Crippen LogP contribution in [0.4, 0.5) is 5.69 Å². The van der Waals surface area contributed by atoms with Crippen LogP contribution in [0.2, 0.25) is 0 Å². The smallest absolute Gasteiger partial charge is 0.260 e. The second kappa shape index (κ2) is 8.35. The molecule has 164 valence electrons. The van der Waals surface area contributed by atoms with Crippen LogP contribution < -0.4 is 5.32 Å². The van der Waals surface area contributed by atoms with Gasteiger partial charge in [-0.25, -0.2) is 4.98 Å². The summed E-state index contributed by atoms with van der Waals surface area (Å²) in [7, 11) is 0. The molecular formula is C26H22N4O3. The number of amides is 1. The number of pyridine rings is 1. The molecule has 1 amide bonds. The number of hydrogen-bond acceptors (Lipinski definition) is 6. The van der Waals surface area contributed by atoms with E-state index in [1.165, 1.54) is 0 Å². The van der Waals surface area contributed by atoms with Gasteiger partial charge in [-0.05, 0) is 42.8 Å². The summed E-state index contributed by atoms with van der Waals surface area (Å²) in [5.41, 5.74) is 3.98. The van der Waals surface area contributed by atoms with Crippen molar-refractivity contribution in [3.05, 3.63) is 83.9 Å². The van der Waals surface area contributed by atoms with Crippen LogP contribution in [0.1, 0.15) is 41.5 Å². The first-order chi connectivity index (χ1) is 16.0. The molecule has 2 aromatic carbocycles. The van der Waals surface area contributed by atoms with Crippen molar-refractivity contribution < 1.29 is 13.7 Å². The van der Waals surface area contributed by atoms with E-state index in [0.717, 1.165) is 10.9 Å². The third-order valence-electron chi connectivity index (χ3n) is 5.43. The molecule has 3 heterocycles. The lowest BCUT2D eigenvalue weighted by molar-refractivity contribution is 0.102. The molecule has 0 unspecified atom stereocenters. The Balaban J connectivity index is 1.58. The van der Waals surface area contributed by atoms with Crippen LogP contribution in [0.3, 0.4) is 0 Å². The molecule has 0 atom stereocenters.